The van der Waals surface area contributed by atoms with Crippen molar-refractivity contribution in [3.8, 4) is 11.1 Å². The average Bonchev–Trinajstić information content (AvgIpc) is 3.22. The minimum atomic E-state index is 0.944. The van der Waals surface area contributed by atoms with Gasteiger partial charge in [-0.2, -0.15) is 0 Å². The first-order valence-corrected chi connectivity index (χ1v) is 11.7. The van der Waals surface area contributed by atoms with Crippen LogP contribution in [0.2, 0.25) is 0 Å². The minimum Gasteiger partial charge on any atom is -0.356 e. The van der Waals surface area contributed by atoms with E-state index in [0.717, 1.165) is 23.5 Å². The number of aryl methyl sites for hydroxylation is 1. The molecular formula is C32H26N2. The molecule has 0 saturated heterocycles. The number of hydrogen-bond acceptors (Lipinski definition) is 2. The van der Waals surface area contributed by atoms with Crippen molar-refractivity contribution in [1.29, 1.82) is 0 Å². The van der Waals surface area contributed by atoms with E-state index < -0.39 is 0 Å². The molecule has 1 N–H and O–H groups in total. The van der Waals surface area contributed by atoms with Crippen LogP contribution in [0.3, 0.4) is 0 Å². The number of anilines is 5. The first-order chi connectivity index (χ1) is 16.7. The molecule has 0 spiro atoms. The van der Waals surface area contributed by atoms with Gasteiger partial charge in [0.05, 0.1) is 0 Å². The lowest BCUT2D eigenvalue weighted by Crippen LogP contribution is -2.10. The van der Waals surface area contributed by atoms with E-state index in [1.807, 2.05) is 6.07 Å². The second kappa shape index (κ2) is 8.57. The summed E-state index contributed by atoms with van der Waals surface area (Å²) in [6.07, 6.45) is 0.944. The number of benzene rings is 5. The van der Waals surface area contributed by atoms with Gasteiger partial charge >= 0.3 is 0 Å². The zero-order valence-corrected chi connectivity index (χ0v) is 19.2. The number of rotatable bonds is 5. The third kappa shape index (κ3) is 3.84. The van der Waals surface area contributed by atoms with Crippen molar-refractivity contribution >= 4 is 28.4 Å². The highest BCUT2D eigenvalue weighted by molar-refractivity contribution is 5.84. The summed E-state index contributed by atoms with van der Waals surface area (Å²) in [6.45, 7) is 2.15. The zero-order chi connectivity index (χ0) is 22.9. The molecule has 0 aromatic heterocycles. The average molecular weight is 439 g/mol. The van der Waals surface area contributed by atoms with Crippen molar-refractivity contribution in [3.05, 3.63) is 138 Å². The Morgan fingerprint density at radius 1 is 0.529 bits per heavy atom. The molecule has 5 aromatic carbocycles. The number of fused-ring (bicyclic) bond motifs is 3. The van der Waals surface area contributed by atoms with Gasteiger partial charge in [0.25, 0.3) is 0 Å². The Morgan fingerprint density at radius 3 is 1.94 bits per heavy atom. The molecule has 0 amide bonds. The van der Waals surface area contributed by atoms with Crippen LogP contribution >= 0.6 is 0 Å². The molecule has 5 aromatic rings. The van der Waals surface area contributed by atoms with E-state index in [4.69, 9.17) is 0 Å². The van der Waals surface area contributed by atoms with Gasteiger partial charge in [-0.3, -0.25) is 0 Å². The quantitative estimate of drug-likeness (QED) is 0.289. The molecule has 0 heterocycles. The van der Waals surface area contributed by atoms with Gasteiger partial charge in [-0.25, -0.2) is 0 Å². The molecule has 1 aliphatic rings. The summed E-state index contributed by atoms with van der Waals surface area (Å²) in [5.74, 6) is 0. The third-order valence-corrected chi connectivity index (χ3v) is 6.46. The fourth-order valence-electron chi connectivity index (χ4n) is 4.89. The van der Waals surface area contributed by atoms with Gasteiger partial charge in [-0.05, 0) is 102 Å². The normalized spacial score (nSPS) is 11.6. The van der Waals surface area contributed by atoms with Crippen molar-refractivity contribution in [3.63, 3.8) is 0 Å². The Hall–Kier alpha value is -4.30. The topological polar surface area (TPSA) is 15.3 Å². The van der Waals surface area contributed by atoms with E-state index in [2.05, 4.69) is 132 Å². The minimum absolute atomic E-state index is 0.944. The predicted octanol–water partition coefficient (Wildman–Crippen LogP) is 8.78. The first kappa shape index (κ1) is 20.3. The van der Waals surface area contributed by atoms with Gasteiger partial charge in [0.15, 0.2) is 0 Å². The van der Waals surface area contributed by atoms with Gasteiger partial charge in [-0.15, -0.1) is 0 Å². The summed E-state index contributed by atoms with van der Waals surface area (Å²) in [7, 11) is 0. The van der Waals surface area contributed by atoms with Gasteiger partial charge in [0.2, 0.25) is 0 Å². The van der Waals surface area contributed by atoms with E-state index in [1.54, 1.807) is 0 Å². The molecular weight excluding hydrogens is 412 g/mol. The lowest BCUT2D eigenvalue weighted by atomic mass is 10.0. The smallest absolute Gasteiger partial charge is 0.0464 e. The molecule has 0 fully saturated rings. The second-order valence-corrected chi connectivity index (χ2v) is 8.89. The van der Waals surface area contributed by atoms with Crippen molar-refractivity contribution < 1.29 is 0 Å². The van der Waals surface area contributed by atoms with Crippen molar-refractivity contribution in [2.45, 2.75) is 13.3 Å². The van der Waals surface area contributed by atoms with Crippen LogP contribution in [0.15, 0.2) is 121 Å². The number of para-hydroxylation sites is 2. The van der Waals surface area contributed by atoms with Crippen LogP contribution in [0.25, 0.3) is 11.1 Å². The number of nitrogens with zero attached hydrogens (tertiary/aromatic N) is 1. The van der Waals surface area contributed by atoms with Gasteiger partial charge in [0.1, 0.15) is 0 Å². The molecule has 2 nitrogen and oxygen atoms in total. The molecule has 164 valence electrons. The predicted molar refractivity (Wildman–Crippen MR) is 144 cm³/mol. The number of hydrogen-bond donors (Lipinski definition) is 1. The highest BCUT2D eigenvalue weighted by atomic mass is 15.1. The van der Waals surface area contributed by atoms with Gasteiger partial charge in [0, 0.05) is 28.4 Å². The summed E-state index contributed by atoms with van der Waals surface area (Å²) in [6, 6.07) is 43.3. The van der Waals surface area contributed by atoms with E-state index in [9.17, 15) is 0 Å². The standard InChI is InChI=1S/C32H26N2/c1-23-9-8-14-29(19-23)34(28-12-6-3-7-13-28)30-16-18-32-25(22-30)20-24-21-27(15-17-31(24)32)33-26-10-4-2-5-11-26/h2-19,21-22,33H,20H2,1H3. The fraction of sp³-hybridized carbons (Fsp3) is 0.0625. The largest absolute Gasteiger partial charge is 0.356 e. The summed E-state index contributed by atoms with van der Waals surface area (Å²) >= 11 is 0. The molecule has 2 heteroatoms. The molecule has 0 radical (unpaired) electrons. The van der Waals surface area contributed by atoms with E-state index >= 15 is 0 Å². The molecule has 0 bridgehead atoms. The van der Waals surface area contributed by atoms with Crippen LogP contribution in [0, 0.1) is 6.92 Å². The Balaban J connectivity index is 1.36. The summed E-state index contributed by atoms with van der Waals surface area (Å²) in [5.41, 5.74) is 12.4. The molecule has 0 aliphatic heterocycles. The summed E-state index contributed by atoms with van der Waals surface area (Å²) in [5, 5.41) is 3.53. The molecule has 0 unspecified atom stereocenters. The van der Waals surface area contributed by atoms with Crippen molar-refractivity contribution in [2.24, 2.45) is 0 Å². The monoisotopic (exact) mass is 438 g/mol. The van der Waals surface area contributed by atoms with Crippen LogP contribution in [-0.4, -0.2) is 0 Å². The molecule has 1 aliphatic carbocycles. The maximum absolute atomic E-state index is 3.53. The van der Waals surface area contributed by atoms with E-state index in [1.165, 1.54) is 39.2 Å². The van der Waals surface area contributed by atoms with E-state index in [-0.39, 0.29) is 0 Å². The third-order valence-electron chi connectivity index (χ3n) is 6.46. The fourth-order valence-corrected chi connectivity index (χ4v) is 4.89. The van der Waals surface area contributed by atoms with Crippen LogP contribution in [0.5, 0.6) is 0 Å². The lowest BCUT2D eigenvalue weighted by molar-refractivity contribution is 1.23. The summed E-state index contributed by atoms with van der Waals surface area (Å²) < 4.78 is 0. The maximum Gasteiger partial charge on any atom is 0.0464 e. The van der Waals surface area contributed by atoms with Crippen LogP contribution in [-0.2, 0) is 6.42 Å². The van der Waals surface area contributed by atoms with Crippen LogP contribution < -0.4 is 10.2 Å². The lowest BCUT2D eigenvalue weighted by Gasteiger charge is -2.26. The Kier molecular flexibility index (Phi) is 5.12. The molecule has 0 saturated carbocycles. The SMILES string of the molecule is Cc1cccc(N(c2ccccc2)c2ccc3c(c2)Cc2cc(Nc4ccccc4)ccc2-3)c1. The number of nitrogens with one attached hydrogen (secondary N) is 1. The van der Waals surface area contributed by atoms with Crippen LogP contribution in [0.4, 0.5) is 28.4 Å². The zero-order valence-electron chi connectivity index (χ0n) is 19.2. The maximum atomic E-state index is 3.53. The van der Waals surface area contributed by atoms with E-state index in [0.29, 0.717) is 0 Å². The Morgan fingerprint density at radius 2 is 1.18 bits per heavy atom. The second-order valence-electron chi connectivity index (χ2n) is 8.89. The highest BCUT2D eigenvalue weighted by Crippen LogP contribution is 2.42. The highest BCUT2D eigenvalue weighted by Gasteiger charge is 2.21. The van der Waals surface area contributed by atoms with Crippen LogP contribution in [0.1, 0.15) is 16.7 Å². The Bertz CT molecular complexity index is 1460. The first-order valence-electron chi connectivity index (χ1n) is 11.7. The Labute approximate surface area is 201 Å². The summed E-state index contributed by atoms with van der Waals surface area (Å²) in [4.78, 5) is 2.35. The molecule has 34 heavy (non-hydrogen) atoms. The molecule has 0 atom stereocenters. The van der Waals surface area contributed by atoms with Gasteiger partial charge in [-0.1, -0.05) is 60.7 Å². The van der Waals surface area contributed by atoms with Gasteiger partial charge < -0.3 is 10.2 Å². The molecule has 6 rings (SSSR count). The van der Waals surface area contributed by atoms with Crippen molar-refractivity contribution in [2.75, 3.05) is 10.2 Å². The van der Waals surface area contributed by atoms with Crippen molar-refractivity contribution in [1.82, 2.24) is 0 Å².